The number of nitrogens with zero attached hydrogens (tertiary/aromatic N) is 1. The Morgan fingerprint density at radius 2 is 1.25 bits per heavy atom. The van der Waals surface area contributed by atoms with E-state index in [1.807, 2.05) is 56.3 Å². The smallest absolute Gasteiger partial charge is 0.423 e. The minimum Gasteiger partial charge on any atom is -0.423 e. The Kier molecular flexibility index (Phi) is 9.17. The molecule has 0 saturated carbocycles. The summed E-state index contributed by atoms with van der Waals surface area (Å²) in [5.74, 6) is 0. The minimum absolute atomic E-state index is 0.230. The monoisotopic (exact) mass is 709 g/mol. The quantitative estimate of drug-likeness (QED) is 0.109. The topological polar surface area (TPSA) is 80.6 Å². The van der Waals surface area contributed by atoms with Crippen molar-refractivity contribution < 1.29 is 10.0 Å². The normalized spacial score (nSPS) is 13.4. The van der Waals surface area contributed by atoms with Crippen molar-refractivity contribution in [2.45, 2.75) is 33.1 Å². The second-order valence-electron chi connectivity index (χ2n) is 13.7. The summed E-state index contributed by atoms with van der Waals surface area (Å²) in [4.78, 5) is 3.59. The number of aromatic amines is 1. The first kappa shape index (κ1) is 34.5. The van der Waals surface area contributed by atoms with Gasteiger partial charge in [0.05, 0.1) is 23.5 Å². The van der Waals surface area contributed by atoms with Gasteiger partial charge in [0.15, 0.2) is 0 Å². The highest BCUT2D eigenvalue weighted by Gasteiger charge is 2.36. The maximum absolute atomic E-state index is 9.70. The zero-order valence-corrected chi connectivity index (χ0v) is 31.0. The molecule has 0 radical (unpaired) electrons. The Morgan fingerprint density at radius 3 is 2.06 bits per heavy atom. The lowest BCUT2D eigenvalue weighted by Gasteiger charge is -2.22. The van der Waals surface area contributed by atoms with Gasteiger partial charge in [0.1, 0.15) is 0 Å². The van der Waals surface area contributed by atoms with Gasteiger partial charge in [-0.3, -0.25) is 0 Å². The van der Waals surface area contributed by atoms with E-state index in [2.05, 4.69) is 125 Å². The maximum atomic E-state index is 9.70. The molecule has 2 aliphatic rings. The third-order valence-electron chi connectivity index (χ3n) is 10.3. The van der Waals surface area contributed by atoms with E-state index < -0.39 is 7.12 Å². The molecule has 0 saturated heterocycles. The zero-order valence-electron chi connectivity index (χ0n) is 30.2. The van der Waals surface area contributed by atoms with Gasteiger partial charge in [0.2, 0.25) is 0 Å². The third-order valence-corrected chi connectivity index (χ3v) is 10.9. The Bertz CT molecular complexity index is 2660. The molecule has 7 aromatic carbocycles. The number of benzene rings is 7. The van der Waals surface area contributed by atoms with Crippen LogP contribution in [0.1, 0.15) is 49.9 Å². The first-order valence-electron chi connectivity index (χ1n) is 18.1. The molecule has 5 nitrogen and oxygen atoms in total. The minimum atomic E-state index is -1.46. The van der Waals surface area contributed by atoms with E-state index in [1.54, 1.807) is 6.07 Å². The molecule has 0 spiro atoms. The molecular weight excluding hydrogens is 669 g/mol. The van der Waals surface area contributed by atoms with Crippen LogP contribution in [0.15, 0.2) is 150 Å². The molecule has 2 heterocycles. The summed E-state index contributed by atoms with van der Waals surface area (Å²) in [6, 6.07) is 50.5. The van der Waals surface area contributed by atoms with Crippen molar-refractivity contribution in [2.75, 3.05) is 4.72 Å². The molecule has 8 aromatic rings. The van der Waals surface area contributed by atoms with Crippen molar-refractivity contribution >= 4 is 68.7 Å². The van der Waals surface area contributed by atoms with Crippen LogP contribution in [-0.2, 0) is 5.41 Å². The molecule has 0 unspecified atom stereocenters. The largest absolute Gasteiger partial charge is 0.488 e. The summed E-state index contributed by atoms with van der Waals surface area (Å²) in [5.41, 5.74) is 14.2. The van der Waals surface area contributed by atoms with Gasteiger partial charge in [0, 0.05) is 38.3 Å². The Labute approximate surface area is 314 Å². The number of fused-ring (bicyclic) bond motifs is 9. The molecule has 53 heavy (non-hydrogen) atoms. The number of nitrogens with one attached hydrogen (secondary N) is 2. The molecule has 10 rings (SSSR count). The highest BCUT2D eigenvalue weighted by molar-refractivity contribution is 7.99. The van der Waals surface area contributed by atoms with Gasteiger partial charge in [0.25, 0.3) is 0 Å². The number of aromatic nitrogens is 1. The van der Waals surface area contributed by atoms with Crippen LogP contribution in [0, 0.1) is 0 Å². The second-order valence-corrected chi connectivity index (χ2v) is 14.3. The van der Waals surface area contributed by atoms with E-state index in [-0.39, 0.29) is 5.41 Å². The number of para-hydroxylation sites is 1. The SMILES string of the molecule is CC.CC1(C)c2cc(B(O)O)ccc2-c2ccc(-c3ccc4[nH]c5ccc6ccccc6c5c4c3)cc21.c1ccc(C2=NSNc3ccccc32)cc1. The third kappa shape index (κ3) is 6.11. The molecule has 4 N–H and O–H groups in total. The van der Waals surface area contributed by atoms with Gasteiger partial charge in [-0.1, -0.05) is 143 Å². The average Bonchev–Trinajstić information content (AvgIpc) is 3.70. The van der Waals surface area contributed by atoms with Crippen LogP contribution in [0.25, 0.3) is 54.8 Å². The molecule has 1 aromatic heterocycles. The summed E-state index contributed by atoms with van der Waals surface area (Å²) in [6.45, 7) is 8.42. The summed E-state index contributed by atoms with van der Waals surface area (Å²) < 4.78 is 7.65. The number of rotatable bonds is 3. The molecule has 260 valence electrons. The zero-order chi connectivity index (χ0) is 36.7. The van der Waals surface area contributed by atoms with Crippen LogP contribution in [0.2, 0.25) is 0 Å². The molecule has 1 aliphatic carbocycles. The molecule has 0 atom stereocenters. The highest BCUT2D eigenvalue weighted by atomic mass is 32.2. The number of hydrogen-bond acceptors (Lipinski definition) is 5. The van der Waals surface area contributed by atoms with Gasteiger partial charge in [-0.25, -0.2) is 0 Å². The lowest BCUT2D eigenvalue weighted by molar-refractivity contribution is 0.425. The summed E-state index contributed by atoms with van der Waals surface area (Å²) in [5, 5.41) is 24.4. The molecule has 7 heteroatoms. The Morgan fingerprint density at radius 1 is 0.585 bits per heavy atom. The number of anilines is 1. The van der Waals surface area contributed by atoms with E-state index in [9.17, 15) is 10.0 Å². The van der Waals surface area contributed by atoms with Crippen LogP contribution in [-0.4, -0.2) is 27.9 Å². The fourth-order valence-electron chi connectivity index (χ4n) is 7.70. The predicted molar refractivity (Wildman–Crippen MR) is 227 cm³/mol. The van der Waals surface area contributed by atoms with E-state index in [1.165, 1.54) is 61.5 Å². The second kappa shape index (κ2) is 14.1. The van der Waals surface area contributed by atoms with Crippen LogP contribution < -0.4 is 10.2 Å². The lowest BCUT2D eigenvalue weighted by atomic mass is 9.75. The predicted octanol–water partition coefficient (Wildman–Crippen LogP) is 10.7. The van der Waals surface area contributed by atoms with Gasteiger partial charge in [-0.05, 0) is 79.9 Å². The fourth-order valence-corrected chi connectivity index (χ4v) is 8.31. The van der Waals surface area contributed by atoms with Crippen molar-refractivity contribution in [1.82, 2.24) is 4.98 Å². The van der Waals surface area contributed by atoms with E-state index in [4.69, 9.17) is 0 Å². The van der Waals surface area contributed by atoms with E-state index in [0.29, 0.717) is 5.46 Å². The van der Waals surface area contributed by atoms with Crippen molar-refractivity contribution in [3.05, 3.63) is 168 Å². The maximum Gasteiger partial charge on any atom is 0.488 e. The van der Waals surface area contributed by atoms with Crippen LogP contribution in [0.5, 0.6) is 0 Å². The molecule has 0 amide bonds. The first-order valence-corrected chi connectivity index (χ1v) is 18.9. The van der Waals surface area contributed by atoms with Crippen molar-refractivity contribution in [1.29, 1.82) is 0 Å². The van der Waals surface area contributed by atoms with Crippen molar-refractivity contribution in [3.63, 3.8) is 0 Å². The number of H-pyrrole nitrogens is 1. The molecule has 0 bridgehead atoms. The van der Waals surface area contributed by atoms with E-state index >= 15 is 0 Å². The van der Waals surface area contributed by atoms with Crippen LogP contribution in [0.4, 0.5) is 5.69 Å². The summed E-state index contributed by atoms with van der Waals surface area (Å²) in [7, 11) is -1.46. The van der Waals surface area contributed by atoms with E-state index in [0.717, 1.165) is 39.1 Å². The average molecular weight is 710 g/mol. The standard InChI is InChI=1S/C31H24BNO2.C13H10N2S.C2H6/c1-31(2)26-16-20(7-11-23(26)24-12-10-21(32(34)35)17-27(24)31)19-9-13-28-25(15-19)30-22-6-4-3-5-18(22)8-14-29(30)33-28;1-2-6-10(7-3-1)13-11-8-4-5-9-12(11)14-16-15-13;1-2/h3-17,33-35H,1-2H3;1-9,14H;1-2H3. The summed E-state index contributed by atoms with van der Waals surface area (Å²) >= 11 is 1.38. The van der Waals surface area contributed by atoms with Gasteiger partial charge >= 0.3 is 7.12 Å². The highest BCUT2D eigenvalue weighted by Crippen LogP contribution is 2.49. The van der Waals surface area contributed by atoms with Crippen LogP contribution in [0.3, 0.4) is 0 Å². The molecule has 0 fully saturated rings. The van der Waals surface area contributed by atoms with Gasteiger partial charge < -0.3 is 19.8 Å². The molecular formula is C46H40BN3O2S. The van der Waals surface area contributed by atoms with Gasteiger partial charge in [-0.2, -0.15) is 4.40 Å². The fraction of sp³-hybridized carbons (Fsp3) is 0.109. The van der Waals surface area contributed by atoms with Crippen LogP contribution >= 0.6 is 12.1 Å². The first-order chi connectivity index (χ1) is 25.9. The van der Waals surface area contributed by atoms with Crippen molar-refractivity contribution in [2.24, 2.45) is 4.40 Å². The summed E-state index contributed by atoms with van der Waals surface area (Å²) in [6.07, 6.45) is 0. The Hall–Kier alpha value is -5.60. The molecule has 1 aliphatic heterocycles. The van der Waals surface area contributed by atoms with Gasteiger partial charge in [-0.15, -0.1) is 0 Å². The number of hydrogen-bond donors (Lipinski definition) is 4. The van der Waals surface area contributed by atoms with Crippen molar-refractivity contribution in [3.8, 4) is 22.3 Å². The lowest BCUT2D eigenvalue weighted by Crippen LogP contribution is -2.31. The Balaban J connectivity index is 0.000000186.